The number of amidine groups is 1. The smallest absolute Gasteiger partial charge is 0.237 e. The van der Waals surface area contributed by atoms with Crippen molar-refractivity contribution in [3.8, 4) is 0 Å². The van der Waals surface area contributed by atoms with Gasteiger partial charge in [-0.1, -0.05) is 30.8 Å². The Labute approximate surface area is 118 Å². The molecule has 1 heterocycles. The third-order valence-electron chi connectivity index (χ3n) is 2.93. The molecular weight excluding hydrogens is 258 g/mol. The average molecular weight is 277 g/mol. The van der Waals surface area contributed by atoms with Crippen LogP contribution >= 0.6 is 11.8 Å². The molecule has 0 unspecified atom stereocenters. The summed E-state index contributed by atoms with van der Waals surface area (Å²) in [6, 6.07) is 7.96. The molecule has 1 amide bonds. The Morgan fingerprint density at radius 2 is 2.21 bits per heavy atom. The Kier molecular flexibility index (Phi) is 4.85. The number of nitrogens with zero attached hydrogens (tertiary/aromatic N) is 1. The molecule has 1 atom stereocenters. The minimum absolute atomic E-state index is 0.00523. The van der Waals surface area contributed by atoms with Gasteiger partial charge in [0.05, 0.1) is 11.8 Å². The first-order valence-electron chi connectivity index (χ1n) is 6.54. The number of amides is 1. The normalized spacial score (nSPS) is 15.6. The first-order valence-corrected chi connectivity index (χ1v) is 7.42. The van der Waals surface area contributed by atoms with E-state index in [9.17, 15) is 4.79 Å². The molecule has 0 aliphatic carbocycles. The van der Waals surface area contributed by atoms with Gasteiger partial charge in [-0.2, -0.15) is 0 Å². The van der Waals surface area contributed by atoms with Gasteiger partial charge in [-0.05, 0) is 31.0 Å². The molecule has 19 heavy (non-hydrogen) atoms. The Balaban J connectivity index is 1.88. The molecule has 5 heteroatoms. The zero-order chi connectivity index (χ0) is 13.7. The van der Waals surface area contributed by atoms with E-state index < -0.39 is 0 Å². The van der Waals surface area contributed by atoms with E-state index in [1.807, 2.05) is 31.2 Å². The van der Waals surface area contributed by atoms with Crippen LogP contribution in [0.2, 0.25) is 0 Å². The van der Waals surface area contributed by atoms with E-state index in [1.54, 1.807) is 0 Å². The highest BCUT2D eigenvalue weighted by Crippen LogP contribution is 2.16. The summed E-state index contributed by atoms with van der Waals surface area (Å²) < 4.78 is 0. The van der Waals surface area contributed by atoms with Gasteiger partial charge in [0.1, 0.15) is 0 Å². The summed E-state index contributed by atoms with van der Waals surface area (Å²) in [5.74, 6) is 0.00523. The lowest BCUT2D eigenvalue weighted by molar-refractivity contribution is -0.115. The second-order valence-corrected chi connectivity index (χ2v) is 5.74. The zero-order valence-corrected chi connectivity index (χ0v) is 12.1. The van der Waals surface area contributed by atoms with Gasteiger partial charge >= 0.3 is 0 Å². The molecule has 102 valence electrons. The lowest BCUT2D eigenvalue weighted by atomic mass is 10.1. The molecule has 0 aromatic heterocycles. The quantitative estimate of drug-likeness (QED) is 0.887. The van der Waals surface area contributed by atoms with E-state index in [4.69, 9.17) is 0 Å². The highest BCUT2D eigenvalue weighted by atomic mass is 32.2. The van der Waals surface area contributed by atoms with Crippen molar-refractivity contribution in [1.82, 2.24) is 5.32 Å². The maximum atomic E-state index is 12.0. The van der Waals surface area contributed by atoms with Gasteiger partial charge in [-0.15, -0.1) is 0 Å². The summed E-state index contributed by atoms with van der Waals surface area (Å²) >= 11 is 1.47. The fourth-order valence-corrected chi connectivity index (χ4v) is 2.60. The minimum atomic E-state index is -0.157. The molecule has 2 rings (SSSR count). The first kappa shape index (κ1) is 13.9. The van der Waals surface area contributed by atoms with Gasteiger partial charge in [-0.3, -0.25) is 9.79 Å². The maximum Gasteiger partial charge on any atom is 0.237 e. The number of hydrogen-bond donors (Lipinski definition) is 2. The zero-order valence-electron chi connectivity index (χ0n) is 11.3. The van der Waals surface area contributed by atoms with E-state index in [1.165, 1.54) is 17.3 Å². The van der Waals surface area contributed by atoms with Crippen LogP contribution in [0, 0.1) is 0 Å². The van der Waals surface area contributed by atoms with Crippen LogP contribution in [0.25, 0.3) is 0 Å². The fraction of sp³-hybridized carbons (Fsp3) is 0.429. The Hall–Kier alpha value is -1.49. The van der Waals surface area contributed by atoms with Gasteiger partial charge < -0.3 is 10.6 Å². The fourth-order valence-electron chi connectivity index (χ4n) is 1.74. The van der Waals surface area contributed by atoms with Crippen LogP contribution in [-0.2, 0) is 11.2 Å². The Bertz CT molecular complexity index is 470. The standard InChI is InChI=1S/C14H19N3OS/c1-3-11-4-6-12(7-5-11)17-13(18)10(2)19-14-15-8-9-16-14/h4-7,10H,3,8-9H2,1-2H3,(H,15,16)(H,17,18)/t10-/m1/s1. The number of carbonyl (C=O) groups excluding carboxylic acids is 1. The van der Waals surface area contributed by atoms with E-state index >= 15 is 0 Å². The number of hydrogen-bond acceptors (Lipinski definition) is 4. The number of rotatable bonds is 4. The Morgan fingerprint density at radius 3 is 2.79 bits per heavy atom. The van der Waals surface area contributed by atoms with Crippen molar-refractivity contribution >= 4 is 28.5 Å². The highest BCUT2D eigenvalue weighted by Gasteiger charge is 2.18. The molecule has 1 aromatic rings. The van der Waals surface area contributed by atoms with Crippen LogP contribution in [0.5, 0.6) is 0 Å². The van der Waals surface area contributed by atoms with E-state index in [2.05, 4.69) is 22.5 Å². The maximum absolute atomic E-state index is 12.0. The van der Waals surface area contributed by atoms with Crippen LogP contribution in [-0.4, -0.2) is 29.4 Å². The average Bonchev–Trinajstić information content (AvgIpc) is 2.92. The van der Waals surface area contributed by atoms with Crippen molar-refractivity contribution in [1.29, 1.82) is 0 Å². The number of anilines is 1. The molecular formula is C14H19N3OS. The summed E-state index contributed by atoms with van der Waals surface area (Å²) in [5.41, 5.74) is 2.11. The Morgan fingerprint density at radius 1 is 1.47 bits per heavy atom. The lowest BCUT2D eigenvalue weighted by Gasteiger charge is -2.12. The SMILES string of the molecule is CCc1ccc(NC(=O)[C@@H](C)SC2=NCCN2)cc1. The summed E-state index contributed by atoms with van der Waals surface area (Å²) in [5, 5.41) is 6.79. The van der Waals surface area contributed by atoms with E-state index in [0.717, 1.165) is 30.4 Å². The van der Waals surface area contributed by atoms with Crippen LogP contribution in [0.4, 0.5) is 5.69 Å². The van der Waals surface area contributed by atoms with Crippen molar-refractivity contribution < 1.29 is 4.79 Å². The predicted octanol–water partition coefficient (Wildman–Crippen LogP) is 2.27. The molecule has 4 nitrogen and oxygen atoms in total. The monoisotopic (exact) mass is 277 g/mol. The van der Waals surface area contributed by atoms with Gasteiger partial charge in [0.25, 0.3) is 0 Å². The molecule has 0 spiro atoms. The molecule has 2 N–H and O–H groups in total. The van der Waals surface area contributed by atoms with Gasteiger partial charge in [0.15, 0.2) is 5.17 Å². The number of thioether (sulfide) groups is 1. The third kappa shape index (κ3) is 3.99. The summed E-state index contributed by atoms with van der Waals surface area (Å²) in [6.45, 7) is 5.68. The van der Waals surface area contributed by atoms with Crippen molar-refractivity contribution in [2.24, 2.45) is 4.99 Å². The number of benzene rings is 1. The molecule has 1 aliphatic heterocycles. The topological polar surface area (TPSA) is 53.5 Å². The molecule has 0 fully saturated rings. The van der Waals surface area contributed by atoms with Crippen molar-refractivity contribution in [2.45, 2.75) is 25.5 Å². The first-order chi connectivity index (χ1) is 9.19. The van der Waals surface area contributed by atoms with Gasteiger partial charge in [-0.25, -0.2) is 0 Å². The third-order valence-corrected chi connectivity index (χ3v) is 4.00. The van der Waals surface area contributed by atoms with Crippen LogP contribution in [0.15, 0.2) is 29.3 Å². The molecule has 1 aromatic carbocycles. The molecule has 0 radical (unpaired) electrons. The number of aliphatic imine (C=N–C) groups is 1. The van der Waals surface area contributed by atoms with Gasteiger partial charge in [0.2, 0.25) is 5.91 Å². The predicted molar refractivity (Wildman–Crippen MR) is 81.8 cm³/mol. The summed E-state index contributed by atoms with van der Waals surface area (Å²) in [7, 11) is 0. The molecule has 1 aliphatic rings. The van der Waals surface area contributed by atoms with E-state index in [-0.39, 0.29) is 11.2 Å². The number of nitrogens with one attached hydrogen (secondary N) is 2. The summed E-state index contributed by atoms with van der Waals surface area (Å²) in [6.07, 6.45) is 1.01. The molecule has 0 saturated heterocycles. The number of carbonyl (C=O) groups is 1. The van der Waals surface area contributed by atoms with Crippen molar-refractivity contribution in [3.63, 3.8) is 0 Å². The summed E-state index contributed by atoms with van der Waals surface area (Å²) in [4.78, 5) is 16.3. The second-order valence-electron chi connectivity index (χ2n) is 4.41. The second kappa shape index (κ2) is 6.61. The van der Waals surface area contributed by atoms with Crippen LogP contribution in [0.3, 0.4) is 0 Å². The highest BCUT2D eigenvalue weighted by molar-refractivity contribution is 8.14. The largest absolute Gasteiger partial charge is 0.363 e. The van der Waals surface area contributed by atoms with Crippen molar-refractivity contribution in [3.05, 3.63) is 29.8 Å². The molecule has 0 saturated carbocycles. The molecule has 0 bridgehead atoms. The van der Waals surface area contributed by atoms with Crippen LogP contribution < -0.4 is 10.6 Å². The van der Waals surface area contributed by atoms with Crippen molar-refractivity contribution in [2.75, 3.05) is 18.4 Å². The minimum Gasteiger partial charge on any atom is -0.363 e. The van der Waals surface area contributed by atoms with E-state index in [0.29, 0.717) is 0 Å². The van der Waals surface area contributed by atoms with Gasteiger partial charge in [0, 0.05) is 12.2 Å². The number of aryl methyl sites for hydroxylation is 1. The lowest BCUT2D eigenvalue weighted by Crippen LogP contribution is -2.26. The van der Waals surface area contributed by atoms with Crippen LogP contribution in [0.1, 0.15) is 19.4 Å².